The molecule has 0 unspecified atom stereocenters. The van der Waals surface area contributed by atoms with Crippen molar-refractivity contribution in [3.63, 3.8) is 0 Å². The van der Waals surface area contributed by atoms with E-state index in [1.54, 1.807) is 7.11 Å². The standard InChI is InChI=1S/C10H13NO2.C2HF3O2/c1-13-10-5-3-2-4-9(10)6-7-11-8-12;3-2(4,5)1(6)7/h2-5,8H,6-7H2,1H3,(H,11,12);(H,6,7). The van der Waals surface area contributed by atoms with Crippen LogP contribution < -0.4 is 10.1 Å². The molecule has 1 aromatic rings. The fourth-order valence-corrected chi connectivity index (χ4v) is 1.18. The fraction of sp³-hybridized carbons (Fsp3) is 0.333. The number of hydrogen-bond acceptors (Lipinski definition) is 3. The molecule has 0 aliphatic carbocycles. The number of hydrogen-bond donors (Lipinski definition) is 2. The van der Waals surface area contributed by atoms with Crippen molar-refractivity contribution in [2.45, 2.75) is 12.6 Å². The number of para-hydroxylation sites is 1. The number of aliphatic carboxylic acids is 1. The summed E-state index contributed by atoms with van der Waals surface area (Å²) >= 11 is 0. The van der Waals surface area contributed by atoms with E-state index in [9.17, 15) is 18.0 Å². The Morgan fingerprint density at radius 2 is 1.95 bits per heavy atom. The van der Waals surface area contributed by atoms with Gasteiger partial charge in [0.25, 0.3) is 0 Å². The fourth-order valence-electron chi connectivity index (χ4n) is 1.18. The van der Waals surface area contributed by atoms with Crippen LogP contribution in [0.2, 0.25) is 0 Å². The molecule has 0 spiro atoms. The molecule has 1 amide bonds. The highest BCUT2D eigenvalue weighted by atomic mass is 19.4. The lowest BCUT2D eigenvalue weighted by Gasteiger charge is -2.06. The predicted octanol–water partition coefficient (Wildman–Crippen LogP) is 1.62. The van der Waals surface area contributed by atoms with Crippen LogP contribution in [0.4, 0.5) is 13.2 Å². The molecule has 0 saturated heterocycles. The van der Waals surface area contributed by atoms with Gasteiger partial charge in [0, 0.05) is 6.54 Å². The molecule has 112 valence electrons. The van der Waals surface area contributed by atoms with Crippen molar-refractivity contribution in [3.8, 4) is 5.75 Å². The third kappa shape index (κ3) is 7.24. The van der Waals surface area contributed by atoms with Crippen molar-refractivity contribution in [3.05, 3.63) is 29.8 Å². The van der Waals surface area contributed by atoms with Crippen LogP contribution in [-0.4, -0.2) is 37.3 Å². The van der Waals surface area contributed by atoms with Crippen molar-refractivity contribution in [1.82, 2.24) is 5.32 Å². The number of rotatable bonds is 5. The number of carboxylic acids is 1. The van der Waals surface area contributed by atoms with Crippen LogP contribution in [0, 0.1) is 0 Å². The highest BCUT2D eigenvalue weighted by Crippen LogP contribution is 2.17. The maximum absolute atomic E-state index is 10.6. The van der Waals surface area contributed by atoms with Crippen molar-refractivity contribution in [2.75, 3.05) is 13.7 Å². The monoisotopic (exact) mass is 293 g/mol. The molecule has 0 aromatic heterocycles. The van der Waals surface area contributed by atoms with Gasteiger partial charge >= 0.3 is 12.1 Å². The summed E-state index contributed by atoms with van der Waals surface area (Å²) in [6.07, 6.45) is -3.59. The Hall–Kier alpha value is -2.25. The van der Waals surface area contributed by atoms with E-state index in [1.807, 2.05) is 24.3 Å². The molecule has 0 radical (unpaired) electrons. The van der Waals surface area contributed by atoms with Crippen LogP contribution in [-0.2, 0) is 16.0 Å². The zero-order valence-corrected chi connectivity index (χ0v) is 10.6. The van der Waals surface area contributed by atoms with Crippen LogP contribution in [0.15, 0.2) is 24.3 Å². The average Bonchev–Trinajstić information content (AvgIpc) is 2.39. The lowest BCUT2D eigenvalue weighted by Crippen LogP contribution is -2.21. The first kappa shape index (κ1) is 17.8. The third-order valence-corrected chi connectivity index (χ3v) is 2.06. The molecule has 0 aliphatic heterocycles. The first-order valence-corrected chi connectivity index (χ1v) is 5.42. The van der Waals surface area contributed by atoms with Crippen LogP contribution in [0.1, 0.15) is 5.56 Å². The maximum atomic E-state index is 10.6. The van der Waals surface area contributed by atoms with Gasteiger partial charge in [-0.1, -0.05) is 18.2 Å². The highest BCUT2D eigenvalue weighted by molar-refractivity contribution is 5.73. The second-order valence-corrected chi connectivity index (χ2v) is 3.44. The Bertz CT molecular complexity index is 435. The average molecular weight is 293 g/mol. The minimum absolute atomic E-state index is 0.643. The quantitative estimate of drug-likeness (QED) is 0.639. The van der Waals surface area contributed by atoms with Gasteiger partial charge in [-0.2, -0.15) is 13.2 Å². The molecule has 0 fully saturated rings. The van der Waals surface area contributed by atoms with Gasteiger partial charge in [-0.25, -0.2) is 4.79 Å². The smallest absolute Gasteiger partial charge is 0.490 e. The van der Waals surface area contributed by atoms with Crippen LogP contribution in [0.25, 0.3) is 0 Å². The zero-order valence-electron chi connectivity index (χ0n) is 10.6. The molecule has 0 aliphatic rings. The molecule has 1 aromatic carbocycles. The Labute approximate surface area is 113 Å². The third-order valence-electron chi connectivity index (χ3n) is 2.06. The number of halogens is 3. The van der Waals surface area contributed by atoms with Gasteiger partial charge in [0.2, 0.25) is 6.41 Å². The molecular formula is C12H14F3NO4. The maximum Gasteiger partial charge on any atom is 0.490 e. The molecule has 2 N–H and O–H groups in total. The van der Waals surface area contributed by atoms with Crippen molar-refractivity contribution < 1.29 is 32.6 Å². The van der Waals surface area contributed by atoms with Gasteiger partial charge in [-0.3, -0.25) is 4.79 Å². The molecular weight excluding hydrogens is 279 g/mol. The summed E-state index contributed by atoms with van der Waals surface area (Å²) in [7, 11) is 1.64. The van der Waals surface area contributed by atoms with E-state index in [1.165, 1.54) is 0 Å². The topological polar surface area (TPSA) is 75.6 Å². The number of carboxylic acid groups (broad SMARTS) is 1. The molecule has 0 bridgehead atoms. The molecule has 1 rings (SSSR count). The molecule has 8 heteroatoms. The summed E-state index contributed by atoms with van der Waals surface area (Å²) in [5, 5.41) is 9.74. The first-order chi connectivity index (χ1) is 9.32. The zero-order chi connectivity index (χ0) is 15.6. The molecule has 0 atom stereocenters. The van der Waals surface area contributed by atoms with Crippen molar-refractivity contribution >= 4 is 12.4 Å². The van der Waals surface area contributed by atoms with Crippen LogP contribution >= 0.6 is 0 Å². The number of alkyl halides is 3. The predicted molar refractivity (Wildman–Crippen MR) is 64.5 cm³/mol. The summed E-state index contributed by atoms with van der Waals surface area (Å²) in [6, 6.07) is 7.79. The van der Waals surface area contributed by atoms with Gasteiger partial charge in [0.1, 0.15) is 5.75 Å². The normalized spacial score (nSPS) is 10.0. The summed E-state index contributed by atoms with van der Waals surface area (Å²) < 4.78 is 36.9. The highest BCUT2D eigenvalue weighted by Gasteiger charge is 2.38. The lowest BCUT2D eigenvalue weighted by molar-refractivity contribution is -0.192. The second kappa shape index (κ2) is 8.78. The van der Waals surface area contributed by atoms with E-state index < -0.39 is 12.1 Å². The SMILES string of the molecule is COc1ccccc1CCNC=O.O=C(O)C(F)(F)F. The number of carbonyl (C=O) groups is 2. The van der Waals surface area contributed by atoms with Crippen molar-refractivity contribution in [2.24, 2.45) is 0 Å². The summed E-state index contributed by atoms with van der Waals surface area (Å²) in [5.74, 6) is -1.89. The molecule has 0 saturated carbocycles. The summed E-state index contributed by atoms with van der Waals surface area (Å²) in [5.41, 5.74) is 1.11. The van der Waals surface area contributed by atoms with E-state index in [2.05, 4.69) is 5.32 Å². The lowest BCUT2D eigenvalue weighted by atomic mass is 10.1. The van der Waals surface area contributed by atoms with Gasteiger partial charge < -0.3 is 15.2 Å². The molecule has 20 heavy (non-hydrogen) atoms. The van der Waals surface area contributed by atoms with E-state index in [4.69, 9.17) is 14.6 Å². The number of benzene rings is 1. The first-order valence-electron chi connectivity index (χ1n) is 5.42. The van der Waals surface area contributed by atoms with E-state index in [-0.39, 0.29) is 0 Å². The summed E-state index contributed by atoms with van der Waals surface area (Å²) in [4.78, 5) is 18.9. The Balaban J connectivity index is 0.000000441. The van der Waals surface area contributed by atoms with E-state index >= 15 is 0 Å². The van der Waals surface area contributed by atoms with Gasteiger partial charge in [0.15, 0.2) is 0 Å². The minimum Gasteiger partial charge on any atom is -0.496 e. The Morgan fingerprint density at radius 1 is 1.40 bits per heavy atom. The largest absolute Gasteiger partial charge is 0.496 e. The van der Waals surface area contributed by atoms with Gasteiger partial charge in [-0.05, 0) is 18.1 Å². The van der Waals surface area contributed by atoms with E-state index in [0.717, 1.165) is 17.7 Å². The van der Waals surface area contributed by atoms with Gasteiger partial charge in [-0.15, -0.1) is 0 Å². The summed E-state index contributed by atoms with van der Waals surface area (Å²) in [6.45, 7) is 0.643. The minimum atomic E-state index is -5.08. The Kier molecular flexibility index (Phi) is 7.80. The number of amides is 1. The molecule has 0 heterocycles. The number of methoxy groups -OCH3 is 1. The number of nitrogens with one attached hydrogen (secondary N) is 1. The Morgan fingerprint density at radius 3 is 2.40 bits per heavy atom. The van der Waals surface area contributed by atoms with E-state index in [0.29, 0.717) is 13.0 Å². The number of ether oxygens (including phenoxy) is 1. The molecule has 5 nitrogen and oxygen atoms in total. The van der Waals surface area contributed by atoms with Crippen molar-refractivity contribution in [1.29, 1.82) is 0 Å². The second-order valence-electron chi connectivity index (χ2n) is 3.44. The van der Waals surface area contributed by atoms with Crippen LogP contribution in [0.5, 0.6) is 5.75 Å². The van der Waals surface area contributed by atoms with Crippen LogP contribution in [0.3, 0.4) is 0 Å². The number of carbonyl (C=O) groups excluding carboxylic acids is 1. The van der Waals surface area contributed by atoms with Gasteiger partial charge in [0.05, 0.1) is 7.11 Å².